The van der Waals surface area contributed by atoms with Gasteiger partial charge < -0.3 is 14.2 Å². The van der Waals surface area contributed by atoms with Gasteiger partial charge in [0.2, 0.25) is 5.91 Å². The Morgan fingerprint density at radius 2 is 2.10 bits per heavy atom. The average molecular weight is 279 g/mol. The molecule has 0 bridgehead atoms. The van der Waals surface area contributed by atoms with Crippen molar-refractivity contribution in [1.29, 1.82) is 0 Å². The normalized spacial score (nSPS) is 18.9. The van der Waals surface area contributed by atoms with E-state index in [9.17, 15) is 14.4 Å². The zero-order chi connectivity index (χ0) is 14.9. The van der Waals surface area contributed by atoms with Crippen molar-refractivity contribution in [3.05, 3.63) is 24.2 Å². The first-order chi connectivity index (χ1) is 9.41. The zero-order valence-electron chi connectivity index (χ0n) is 11.7. The number of likely N-dealkylation sites (N-methyl/N-ethyl adjacent to an activating group) is 2. The number of hydrogen-bond donors (Lipinski definition) is 0. The summed E-state index contributed by atoms with van der Waals surface area (Å²) in [5.74, 6) is -0.540. The molecule has 0 aliphatic carbocycles. The van der Waals surface area contributed by atoms with Crippen molar-refractivity contribution in [2.45, 2.75) is 19.0 Å². The topological polar surface area (TPSA) is 74.1 Å². The molecule has 1 aromatic rings. The second kappa shape index (κ2) is 5.36. The van der Waals surface area contributed by atoms with Gasteiger partial charge in [0, 0.05) is 33.3 Å². The van der Waals surface area contributed by atoms with E-state index in [4.69, 9.17) is 4.42 Å². The van der Waals surface area contributed by atoms with Crippen LogP contribution in [0.1, 0.15) is 12.0 Å². The van der Waals surface area contributed by atoms with Crippen LogP contribution in [0.5, 0.6) is 0 Å². The molecule has 0 saturated carbocycles. The maximum atomic E-state index is 12.1. The predicted octanol–water partition coefficient (Wildman–Crippen LogP) is 0.520. The molecule has 108 valence electrons. The van der Waals surface area contributed by atoms with Crippen LogP contribution in [0.15, 0.2) is 23.0 Å². The highest BCUT2D eigenvalue weighted by Gasteiger charge is 2.42. The van der Waals surface area contributed by atoms with Gasteiger partial charge in [0.25, 0.3) is 5.91 Å². The molecule has 1 saturated heterocycles. The maximum absolute atomic E-state index is 12.1. The summed E-state index contributed by atoms with van der Waals surface area (Å²) in [6.07, 6.45) is 3.09. The van der Waals surface area contributed by atoms with E-state index >= 15 is 0 Å². The van der Waals surface area contributed by atoms with Crippen LogP contribution >= 0.6 is 0 Å². The summed E-state index contributed by atoms with van der Waals surface area (Å²) < 4.78 is 4.94. The second-order valence-corrected chi connectivity index (χ2v) is 4.89. The Labute approximate surface area is 116 Å². The van der Waals surface area contributed by atoms with E-state index in [0.29, 0.717) is 6.54 Å². The summed E-state index contributed by atoms with van der Waals surface area (Å²) in [6, 6.07) is 0.672. The van der Waals surface area contributed by atoms with Gasteiger partial charge in [-0.3, -0.25) is 14.5 Å². The Hall–Kier alpha value is -2.31. The zero-order valence-corrected chi connectivity index (χ0v) is 11.7. The number of nitrogens with zero attached hydrogens (tertiary/aromatic N) is 3. The molecule has 1 aromatic heterocycles. The van der Waals surface area contributed by atoms with Crippen molar-refractivity contribution < 1.29 is 18.8 Å². The molecular weight excluding hydrogens is 262 g/mol. The van der Waals surface area contributed by atoms with E-state index in [1.54, 1.807) is 19.4 Å². The lowest BCUT2D eigenvalue weighted by molar-refractivity contribution is -0.135. The number of furan rings is 1. The molecule has 7 nitrogen and oxygen atoms in total. The summed E-state index contributed by atoms with van der Waals surface area (Å²) in [7, 11) is 4.60. The monoisotopic (exact) mass is 279 g/mol. The van der Waals surface area contributed by atoms with E-state index in [2.05, 4.69) is 0 Å². The van der Waals surface area contributed by atoms with Gasteiger partial charge in [-0.15, -0.1) is 0 Å². The molecule has 1 aliphatic rings. The van der Waals surface area contributed by atoms with Crippen molar-refractivity contribution in [3.63, 3.8) is 0 Å². The van der Waals surface area contributed by atoms with Crippen molar-refractivity contribution in [3.8, 4) is 0 Å². The molecular formula is C13H17N3O4. The third kappa shape index (κ3) is 2.52. The molecule has 7 heteroatoms. The van der Waals surface area contributed by atoms with Crippen molar-refractivity contribution in [2.75, 3.05) is 21.1 Å². The lowest BCUT2D eigenvalue weighted by atomic mass is 10.1. The Bertz CT molecular complexity index is 526. The number of urea groups is 1. The number of hydrogen-bond acceptors (Lipinski definition) is 4. The highest BCUT2D eigenvalue weighted by molar-refractivity contribution is 6.05. The first-order valence-electron chi connectivity index (χ1n) is 6.21. The Kier molecular flexibility index (Phi) is 3.78. The summed E-state index contributed by atoms with van der Waals surface area (Å²) in [5, 5.41) is 0. The lowest BCUT2D eigenvalue weighted by Gasteiger charge is -2.20. The number of amides is 4. The van der Waals surface area contributed by atoms with Gasteiger partial charge in [-0.2, -0.15) is 0 Å². The Morgan fingerprint density at radius 3 is 2.60 bits per heavy atom. The summed E-state index contributed by atoms with van der Waals surface area (Å²) in [6.45, 7) is 0.406. The predicted molar refractivity (Wildman–Crippen MR) is 69.5 cm³/mol. The number of imide groups is 1. The average Bonchev–Trinajstić information content (AvgIpc) is 2.98. The van der Waals surface area contributed by atoms with E-state index in [1.807, 2.05) is 0 Å². The first kappa shape index (κ1) is 14.1. The van der Waals surface area contributed by atoms with E-state index < -0.39 is 6.04 Å². The van der Waals surface area contributed by atoms with Gasteiger partial charge in [0.15, 0.2) is 0 Å². The van der Waals surface area contributed by atoms with Crippen LogP contribution in [-0.4, -0.2) is 59.7 Å². The molecule has 2 rings (SSSR count). The highest BCUT2D eigenvalue weighted by Crippen LogP contribution is 2.18. The standard InChI is InChI=1S/C13H17N3O4/c1-14(7-9-4-5-20-8-9)11(17)6-10-12(18)16(3)13(19)15(10)2/h4-5,8,10H,6-7H2,1-3H3. The van der Waals surface area contributed by atoms with Gasteiger partial charge in [-0.05, 0) is 6.07 Å². The minimum Gasteiger partial charge on any atom is -0.472 e. The van der Waals surface area contributed by atoms with Gasteiger partial charge in [0.1, 0.15) is 6.04 Å². The SMILES string of the molecule is CN(Cc1ccoc1)C(=O)CC1C(=O)N(C)C(=O)N1C. The van der Waals surface area contributed by atoms with Gasteiger partial charge >= 0.3 is 6.03 Å². The van der Waals surface area contributed by atoms with Gasteiger partial charge in [-0.25, -0.2) is 4.79 Å². The molecule has 20 heavy (non-hydrogen) atoms. The fourth-order valence-corrected chi connectivity index (χ4v) is 2.14. The Balaban J connectivity index is 1.97. The molecule has 1 fully saturated rings. The van der Waals surface area contributed by atoms with Crippen LogP contribution in [0, 0.1) is 0 Å². The highest BCUT2D eigenvalue weighted by atomic mass is 16.3. The van der Waals surface area contributed by atoms with Crippen LogP contribution in [0.25, 0.3) is 0 Å². The quantitative estimate of drug-likeness (QED) is 0.753. The van der Waals surface area contributed by atoms with Crippen LogP contribution in [-0.2, 0) is 16.1 Å². The summed E-state index contributed by atoms with van der Waals surface area (Å²) >= 11 is 0. The number of carbonyl (C=O) groups is 3. The molecule has 1 aliphatic heterocycles. The van der Waals surface area contributed by atoms with Crippen LogP contribution in [0.4, 0.5) is 4.79 Å². The number of carbonyl (C=O) groups excluding carboxylic acids is 3. The van der Waals surface area contributed by atoms with Crippen LogP contribution in [0.2, 0.25) is 0 Å². The maximum Gasteiger partial charge on any atom is 0.326 e. The molecule has 1 unspecified atom stereocenters. The summed E-state index contributed by atoms with van der Waals surface area (Å²) in [5.41, 5.74) is 0.875. The van der Waals surface area contributed by atoms with Gasteiger partial charge in [-0.1, -0.05) is 0 Å². The smallest absolute Gasteiger partial charge is 0.326 e. The van der Waals surface area contributed by atoms with Crippen molar-refractivity contribution >= 4 is 17.8 Å². The first-order valence-corrected chi connectivity index (χ1v) is 6.21. The molecule has 0 spiro atoms. The molecule has 0 N–H and O–H groups in total. The van der Waals surface area contributed by atoms with Crippen molar-refractivity contribution in [2.24, 2.45) is 0 Å². The third-order valence-electron chi connectivity index (χ3n) is 3.47. The molecule has 2 heterocycles. The van der Waals surface area contributed by atoms with E-state index in [1.165, 1.54) is 30.2 Å². The second-order valence-electron chi connectivity index (χ2n) is 4.89. The molecule has 0 radical (unpaired) electrons. The van der Waals surface area contributed by atoms with Crippen LogP contribution in [0.3, 0.4) is 0 Å². The van der Waals surface area contributed by atoms with Gasteiger partial charge in [0.05, 0.1) is 18.9 Å². The van der Waals surface area contributed by atoms with E-state index in [-0.39, 0.29) is 24.3 Å². The molecule has 1 atom stereocenters. The lowest BCUT2D eigenvalue weighted by Crippen LogP contribution is -2.38. The van der Waals surface area contributed by atoms with Crippen molar-refractivity contribution in [1.82, 2.24) is 14.7 Å². The largest absolute Gasteiger partial charge is 0.472 e. The molecule has 0 aromatic carbocycles. The third-order valence-corrected chi connectivity index (χ3v) is 3.47. The van der Waals surface area contributed by atoms with E-state index in [0.717, 1.165) is 10.5 Å². The minimum absolute atomic E-state index is 0.0141. The fourth-order valence-electron chi connectivity index (χ4n) is 2.14. The Morgan fingerprint density at radius 1 is 1.40 bits per heavy atom. The number of rotatable bonds is 4. The summed E-state index contributed by atoms with van der Waals surface area (Å²) in [4.78, 5) is 39.5. The fraction of sp³-hybridized carbons (Fsp3) is 0.462. The molecule has 4 amide bonds. The minimum atomic E-state index is -0.716. The van der Waals surface area contributed by atoms with Crippen LogP contribution < -0.4 is 0 Å².